The number of halogens is 3. The zero-order valence-corrected chi connectivity index (χ0v) is 9.41. The molecule has 4 heteroatoms. The molecule has 0 aliphatic rings. The summed E-state index contributed by atoms with van der Waals surface area (Å²) in [7, 11) is 0. The number of benzene rings is 2. The summed E-state index contributed by atoms with van der Waals surface area (Å²) in [5.41, 5.74) is 0.307. The van der Waals surface area contributed by atoms with Crippen molar-refractivity contribution in [2.24, 2.45) is 0 Å². The smallest absolute Gasteiger partial charge is 0.392 e. The second kappa shape index (κ2) is 4.82. The second-order valence-electron chi connectivity index (χ2n) is 3.89. The van der Waals surface area contributed by atoms with Crippen LogP contribution in [0.3, 0.4) is 0 Å². The van der Waals surface area contributed by atoms with Crippen LogP contribution in [-0.2, 0) is 12.8 Å². The maximum absolute atomic E-state index is 12.8. The topological polar surface area (TPSA) is 20.2 Å². The Morgan fingerprint density at radius 2 is 1.56 bits per heavy atom. The molecule has 1 N–H and O–H groups in total. The van der Waals surface area contributed by atoms with Crippen molar-refractivity contribution in [3.05, 3.63) is 59.7 Å². The summed E-state index contributed by atoms with van der Waals surface area (Å²) in [6.45, 7) is -0.621. The average Bonchev–Trinajstić information content (AvgIpc) is 2.38. The second-order valence-corrected chi connectivity index (χ2v) is 3.89. The van der Waals surface area contributed by atoms with Gasteiger partial charge in [0.05, 0.1) is 12.2 Å². The predicted octanol–water partition coefficient (Wildman–Crippen LogP) is 3.86. The van der Waals surface area contributed by atoms with E-state index in [-0.39, 0.29) is 5.56 Å². The molecule has 0 saturated heterocycles. The van der Waals surface area contributed by atoms with E-state index in [0.29, 0.717) is 11.1 Å². The van der Waals surface area contributed by atoms with Crippen LogP contribution in [0.2, 0.25) is 0 Å². The first-order valence-electron chi connectivity index (χ1n) is 5.39. The van der Waals surface area contributed by atoms with Gasteiger partial charge in [0, 0.05) is 0 Å². The highest BCUT2D eigenvalue weighted by molar-refractivity contribution is 5.65. The highest BCUT2D eigenvalue weighted by Gasteiger charge is 2.33. The van der Waals surface area contributed by atoms with Crippen LogP contribution < -0.4 is 0 Å². The zero-order valence-electron chi connectivity index (χ0n) is 9.41. The highest BCUT2D eigenvalue weighted by atomic mass is 19.4. The minimum atomic E-state index is -4.46. The number of hydrogen-bond donors (Lipinski definition) is 1. The molecule has 0 fully saturated rings. The summed E-state index contributed by atoms with van der Waals surface area (Å²) in [6.07, 6.45) is -4.46. The number of hydrogen-bond acceptors (Lipinski definition) is 1. The molecule has 0 unspecified atom stereocenters. The van der Waals surface area contributed by atoms with Crippen molar-refractivity contribution in [2.45, 2.75) is 12.8 Å². The van der Waals surface area contributed by atoms with E-state index >= 15 is 0 Å². The van der Waals surface area contributed by atoms with Crippen molar-refractivity contribution in [2.75, 3.05) is 0 Å². The van der Waals surface area contributed by atoms with Crippen LogP contribution in [-0.4, -0.2) is 5.11 Å². The summed E-state index contributed by atoms with van der Waals surface area (Å²) in [5.74, 6) is 0. The lowest BCUT2D eigenvalue weighted by Crippen LogP contribution is -2.09. The number of rotatable bonds is 2. The van der Waals surface area contributed by atoms with Gasteiger partial charge in [0.15, 0.2) is 0 Å². The lowest BCUT2D eigenvalue weighted by molar-refractivity contribution is -0.138. The maximum Gasteiger partial charge on any atom is 0.416 e. The fourth-order valence-corrected chi connectivity index (χ4v) is 1.79. The monoisotopic (exact) mass is 252 g/mol. The van der Waals surface area contributed by atoms with Crippen molar-refractivity contribution < 1.29 is 18.3 Å². The molecule has 94 valence electrons. The third-order valence-electron chi connectivity index (χ3n) is 2.69. The van der Waals surface area contributed by atoms with E-state index in [1.165, 1.54) is 6.07 Å². The normalized spacial score (nSPS) is 11.6. The van der Waals surface area contributed by atoms with Crippen molar-refractivity contribution in [1.29, 1.82) is 0 Å². The standard InChI is InChI=1S/C14H11F3O/c15-14(16,17)13-8-11(6-7-12(13)9-18)10-4-2-1-3-5-10/h1-8,18H,9H2. The summed E-state index contributed by atoms with van der Waals surface area (Å²) >= 11 is 0. The van der Waals surface area contributed by atoms with Gasteiger partial charge in [-0.15, -0.1) is 0 Å². The Bertz CT molecular complexity index is 532. The van der Waals surface area contributed by atoms with Gasteiger partial charge in [0.25, 0.3) is 0 Å². The molecule has 0 bridgehead atoms. The Balaban J connectivity index is 2.53. The molecule has 0 spiro atoms. The Morgan fingerprint density at radius 1 is 0.889 bits per heavy atom. The van der Waals surface area contributed by atoms with Gasteiger partial charge in [-0.3, -0.25) is 0 Å². The molecule has 0 radical (unpaired) electrons. The number of aliphatic hydroxyl groups excluding tert-OH is 1. The number of alkyl halides is 3. The molecule has 2 aromatic carbocycles. The molecular formula is C14H11F3O. The van der Waals surface area contributed by atoms with Crippen molar-refractivity contribution >= 4 is 0 Å². The van der Waals surface area contributed by atoms with Crippen molar-refractivity contribution in [3.8, 4) is 11.1 Å². The highest BCUT2D eigenvalue weighted by Crippen LogP contribution is 2.34. The lowest BCUT2D eigenvalue weighted by Gasteiger charge is -2.13. The van der Waals surface area contributed by atoms with Gasteiger partial charge >= 0.3 is 6.18 Å². The molecule has 2 aromatic rings. The van der Waals surface area contributed by atoms with Gasteiger partial charge in [0.1, 0.15) is 0 Å². The SMILES string of the molecule is OCc1ccc(-c2ccccc2)cc1C(F)(F)F. The minimum Gasteiger partial charge on any atom is -0.392 e. The summed E-state index contributed by atoms with van der Waals surface area (Å²) in [4.78, 5) is 0. The fraction of sp³-hybridized carbons (Fsp3) is 0.143. The first-order valence-corrected chi connectivity index (χ1v) is 5.39. The quantitative estimate of drug-likeness (QED) is 0.860. The van der Waals surface area contributed by atoms with Crippen LogP contribution in [0.25, 0.3) is 11.1 Å². The predicted molar refractivity (Wildman–Crippen MR) is 62.8 cm³/mol. The molecule has 2 rings (SSSR count). The van der Waals surface area contributed by atoms with E-state index < -0.39 is 18.3 Å². The Hall–Kier alpha value is -1.81. The zero-order chi connectivity index (χ0) is 13.2. The minimum absolute atomic E-state index is 0.109. The first kappa shape index (κ1) is 12.6. The van der Waals surface area contributed by atoms with Gasteiger partial charge in [-0.2, -0.15) is 13.2 Å². The fourth-order valence-electron chi connectivity index (χ4n) is 1.79. The first-order chi connectivity index (χ1) is 8.52. The van der Waals surface area contributed by atoms with Crippen LogP contribution in [0.15, 0.2) is 48.5 Å². The molecule has 0 atom stereocenters. The third kappa shape index (κ3) is 2.54. The van der Waals surface area contributed by atoms with Crippen LogP contribution >= 0.6 is 0 Å². The van der Waals surface area contributed by atoms with Gasteiger partial charge in [-0.05, 0) is 22.8 Å². The van der Waals surface area contributed by atoms with E-state index in [0.717, 1.165) is 6.07 Å². The lowest BCUT2D eigenvalue weighted by atomic mass is 9.99. The van der Waals surface area contributed by atoms with Crippen molar-refractivity contribution in [1.82, 2.24) is 0 Å². The number of aliphatic hydroxyl groups is 1. The van der Waals surface area contributed by atoms with E-state index in [1.807, 2.05) is 0 Å². The molecule has 0 aliphatic heterocycles. The molecule has 0 saturated carbocycles. The average molecular weight is 252 g/mol. The van der Waals surface area contributed by atoms with E-state index in [4.69, 9.17) is 5.11 Å². The van der Waals surface area contributed by atoms with Gasteiger partial charge < -0.3 is 5.11 Å². The maximum atomic E-state index is 12.8. The van der Waals surface area contributed by atoms with Crippen LogP contribution in [0.1, 0.15) is 11.1 Å². The van der Waals surface area contributed by atoms with Gasteiger partial charge in [0.2, 0.25) is 0 Å². The molecule has 0 aromatic heterocycles. The molecule has 0 aliphatic carbocycles. The van der Waals surface area contributed by atoms with Crippen LogP contribution in [0.4, 0.5) is 13.2 Å². The van der Waals surface area contributed by atoms with E-state index in [2.05, 4.69) is 0 Å². The summed E-state index contributed by atoms with van der Waals surface area (Å²) in [6, 6.07) is 12.8. The molecular weight excluding hydrogens is 241 g/mol. The Morgan fingerprint density at radius 3 is 2.11 bits per heavy atom. The summed E-state index contributed by atoms with van der Waals surface area (Å²) < 4.78 is 38.5. The van der Waals surface area contributed by atoms with E-state index in [9.17, 15) is 13.2 Å². The van der Waals surface area contributed by atoms with E-state index in [1.54, 1.807) is 36.4 Å². The van der Waals surface area contributed by atoms with Gasteiger partial charge in [-0.1, -0.05) is 42.5 Å². The largest absolute Gasteiger partial charge is 0.416 e. The molecule has 0 amide bonds. The Kier molecular flexibility index (Phi) is 3.39. The molecule has 1 nitrogen and oxygen atoms in total. The molecule has 18 heavy (non-hydrogen) atoms. The Labute approximate surface area is 103 Å². The van der Waals surface area contributed by atoms with Crippen molar-refractivity contribution in [3.63, 3.8) is 0 Å². The third-order valence-corrected chi connectivity index (χ3v) is 2.69. The van der Waals surface area contributed by atoms with Crippen LogP contribution in [0.5, 0.6) is 0 Å². The van der Waals surface area contributed by atoms with Crippen LogP contribution in [0, 0.1) is 0 Å². The summed E-state index contributed by atoms with van der Waals surface area (Å²) in [5, 5.41) is 8.94. The molecule has 0 heterocycles. The van der Waals surface area contributed by atoms with Gasteiger partial charge in [-0.25, -0.2) is 0 Å².